The molecule has 1 atom stereocenters. The van der Waals surface area contributed by atoms with E-state index in [9.17, 15) is 14.4 Å². The van der Waals surface area contributed by atoms with Crippen molar-refractivity contribution in [3.63, 3.8) is 0 Å². The summed E-state index contributed by atoms with van der Waals surface area (Å²) in [6, 6.07) is 0. The molecular formula is C63H116O6. The van der Waals surface area contributed by atoms with Gasteiger partial charge in [0.15, 0.2) is 6.10 Å². The monoisotopic (exact) mass is 969 g/mol. The molecule has 1 unspecified atom stereocenters. The topological polar surface area (TPSA) is 78.9 Å². The SMILES string of the molecule is CCCCCC/C=C\C/C=C\CCCCCCCC(=O)OC(COC(=O)CCCCCCC/C=C\CCCCCCCCC)COC(=O)CCCCCCCCCCCCCCCCCCCCC. The molecule has 0 aromatic rings. The average Bonchev–Trinajstić information content (AvgIpc) is 3.35. The molecule has 0 N–H and O–H groups in total. The lowest BCUT2D eigenvalue weighted by Gasteiger charge is -2.18. The maximum absolute atomic E-state index is 12.9. The summed E-state index contributed by atoms with van der Waals surface area (Å²) in [6.45, 7) is 6.65. The van der Waals surface area contributed by atoms with E-state index < -0.39 is 6.10 Å². The zero-order valence-electron chi connectivity index (χ0n) is 46.3. The molecule has 0 aromatic carbocycles. The van der Waals surface area contributed by atoms with Gasteiger partial charge in [0, 0.05) is 19.3 Å². The molecule has 0 aliphatic carbocycles. The molecule has 0 aromatic heterocycles. The summed E-state index contributed by atoms with van der Waals surface area (Å²) in [5, 5.41) is 0. The van der Waals surface area contributed by atoms with Gasteiger partial charge in [0.2, 0.25) is 0 Å². The minimum atomic E-state index is -0.781. The van der Waals surface area contributed by atoms with Crippen molar-refractivity contribution in [3.8, 4) is 0 Å². The maximum Gasteiger partial charge on any atom is 0.306 e. The van der Waals surface area contributed by atoms with E-state index in [-0.39, 0.29) is 31.1 Å². The highest BCUT2D eigenvalue weighted by Gasteiger charge is 2.19. The van der Waals surface area contributed by atoms with Crippen LogP contribution in [0, 0.1) is 0 Å². The van der Waals surface area contributed by atoms with E-state index >= 15 is 0 Å². The number of carbonyl (C=O) groups excluding carboxylic acids is 3. The molecule has 0 heterocycles. The Morgan fingerprint density at radius 1 is 0.290 bits per heavy atom. The predicted molar refractivity (Wildman–Crippen MR) is 298 cm³/mol. The fourth-order valence-corrected chi connectivity index (χ4v) is 9.00. The summed E-state index contributed by atoms with van der Waals surface area (Å²) in [7, 11) is 0. The van der Waals surface area contributed by atoms with Crippen LogP contribution in [0.1, 0.15) is 329 Å². The number of allylic oxidation sites excluding steroid dienone is 6. The molecule has 0 aliphatic rings. The second kappa shape index (κ2) is 58.2. The third-order valence-electron chi connectivity index (χ3n) is 13.6. The first-order chi connectivity index (χ1) is 34.0. The van der Waals surface area contributed by atoms with E-state index in [1.165, 1.54) is 199 Å². The van der Waals surface area contributed by atoms with E-state index in [4.69, 9.17) is 14.2 Å². The highest BCUT2D eigenvalue weighted by Crippen LogP contribution is 2.17. The van der Waals surface area contributed by atoms with Crippen LogP contribution in [0.2, 0.25) is 0 Å². The smallest absolute Gasteiger partial charge is 0.306 e. The number of rotatable bonds is 56. The quantitative estimate of drug-likeness (QED) is 0.0261. The van der Waals surface area contributed by atoms with Crippen molar-refractivity contribution in [1.82, 2.24) is 0 Å². The number of hydrogen-bond donors (Lipinski definition) is 0. The van der Waals surface area contributed by atoms with Crippen molar-refractivity contribution < 1.29 is 28.6 Å². The largest absolute Gasteiger partial charge is 0.462 e. The fraction of sp³-hybridized carbons (Fsp3) is 0.857. The number of carbonyl (C=O) groups is 3. The molecule has 0 aliphatic heterocycles. The number of unbranched alkanes of at least 4 members (excludes halogenated alkanes) is 39. The third kappa shape index (κ3) is 56.4. The van der Waals surface area contributed by atoms with Crippen molar-refractivity contribution in [1.29, 1.82) is 0 Å². The molecule has 0 bridgehead atoms. The van der Waals surface area contributed by atoms with Crippen LogP contribution in [-0.2, 0) is 28.6 Å². The van der Waals surface area contributed by atoms with E-state index in [0.29, 0.717) is 19.3 Å². The minimum Gasteiger partial charge on any atom is -0.462 e. The van der Waals surface area contributed by atoms with Crippen LogP contribution < -0.4 is 0 Å². The van der Waals surface area contributed by atoms with Crippen molar-refractivity contribution in [2.75, 3.05) is 13.2 Å². The molecule has 404 valence electrons. The van der Waals surface area contributed by atoms with Gasteiger partial charge in [-0.3, -0.25) is 14.4 Å². The lowest BCUT2D eigenvalue weighted by atomic mass is 10.0. The van der Waals surface area contributed by atoms with Crippen LogP contribution in [0.15, 0.2) is 36.5 Å². The van der Waals surface area contributed by atoms with Gasteiger partial charge in [0.1, 0.15) is 13.2 Å². The van der Waals surface area contributed by atoms with Crippen LogP contribution in [0.5, 0.6) is 0 Å². The summed E-state index contributed by atoms with van der Waals surface area (Å²) in [6.07, 6.45) is 69.9. The molecular weight excluding hydrogens is 853 g/mol. The Hall–Kier alpha value is -2.37. The molecule has 0 saturated heterocycles. The minimum absolute atomic E-state index is 0.0766. The van der Waals surface area contributed by atoms with Gasteiger partial charge in [-0.25, -0.2) is 0 Å². The highest BCUT2D eigenvalue weighted by molar-refractivity contribution is 5.71. The zero-order chi connectivity index (χ0) is 50.0. The third-order valence-corrected chi connectivity index (χ3v) is 13.6. The van der Waals surface area contributed by atoms with E-state index in [2.05, 4.69) is 57.2 Å². The summed E-state index contributed by atoms with van der Waals surface area (Å²) in [5.41, 5.74) is 0. The van der Waals surface area contributed by atoms with Gasteiger partial charge in [-0.2, -0.15) is 0 Å². The molecule has 0 radical (unpaired) electrons. The normalized spacial score (nSPS) is 12.2. The summed E-state index contributed by atoms with van der Waals surface area (Å²) in [4.78, 5) is 38.2. The van der Waals surface area contributed by atoms with Crippen molar-refractivity contribution >= 4 is 17.9 Å². The molecule has 0 rings (SSSR count). The van der Waals surface area contributed by atoms with E-state index in [0.717, 1.165) is 89.9 Å². The Kier molecular flexibility index (Phi) is 56.2. The van der Waals surface area contributed by atoms with Gasteiger partial charge in [-0.15, -0.1) is 0 Å². The van der Waals surface area contributed by atoms with Crippen molar-refractivity contribution in [2.24, 2.45) is 0 Å². The van der Waals surface area contributed by atoms with Gasteiger partial charge < -0.3 is 14.2 Å². The van der Waals surface area contributed by atoms with Gasteiger partial charge in [0.25, 0.3) is 0 Å². The van der Waals surface area contributed by atoms with Crippen molar-refractivity contribution in [2.45, 2.75) is 335 Å². The van der Waals surface area contributed by atoms with Crippen LogP contribution in [0.4, 0.5) is 0 Å². The summed E-state index contributed by atoms with van der Waals surface area (Å²) >= 11 is 0. The Bertz CT molecular complexity index is 1160. The first kappa shape index (κ1) is 66.6. The summed E-state index contributed by atoms with van der Waals surface area (Å²) < 4.78 is 16.9. The Morgan fingerprint density at radius 2 is 0.522 bits per heavy atom. The van der Waals surface area contributed by atoms with Gasteiger partial charge in [-0.05, 0) is 77.0 Å². The standard InChI is InChI=1S/C63H116O6/c1-4-7-10-13-16-19-22-25-28-31-32-33-36-38-41-44-47-50-53-56-62(65)68-59-60(69-63(66)57-54-51-48-45-42-39-35-30-27-24-21-18-15-12-9-6-3)58-67-61(64)55-52-49-46-43-40-37-34-29-26-23-20-17-14-11-8-5-2/h21,24,29-30,34-35,60H,4-20,22-23,25-28,31-33,36-59H2,1-3H3/b24-21-,34-29-,35-30-. The molecule has 0 spiro atoms. The lowest BCUT2D eigenvalue weighted by Crippen LogP contribution is -2.30. The second-order valence-electron chi connectivity index (χ2n) is 20.6. The van der Waals surface area contributed by atoms with Crippen LogP contribution in [0.25, 0.3) is 0 Å². The molecule has 0 amide bonds. The Morgan fingerprint density at radius 3 is 0.826 bits per heavy atom. The fourth-order valence-electron chi connectivity index (χ4n) is 9.00. The zero-order valence-corrected chi connectivity index (χ0v) is 46.3. The number of hydrogen-bond acceptors (Lipinski definition) is 6. The first-order valence-electron chi connectivity index (χ1n) is 30.5. The average molecular weight is 970 g/mol. The van der Waals surface area contributed by atoms with Gasteiger partial charge >= 0.3 is 17.9 Å². The first-order valence-corrected chi connectivity index (χ1v) is 30.5. The predicted octanol–water partition coefficient (Wildman–Crippen LogP) is 20.4. The highest BCUT2D eigenvalue weighted by atomic mass is 16.6. The summed E-state index contributed by atoms with van der Waals surface area (Å²) in [5.74, 6) is -0.879. The Labute approximate surface area is 429 Å². The Balaban J connectivity index is 4.35. The molecule has 0 saturated carbocycles. The van der Waals surface area contributed by atoms with Crippen LogP contribution in [-0.4, -0.2) is 37.2 Å². The van der Waals surface area contributed by atoms with E-state index in [1.807, 2.05) is 0 Å². The molecule has 0 fully saturated rings. The number of esters is 3. The second-order valence-corrected chi connectivity index (χ2v) is 20.6. The maximum atomic E-state index is 12.9. The van der Waals surface area contributed by atoms with Crippen LogP contribution in [0.3, 0.4) is 0 Å². The molecule has 6 heteroatoms. The number of ether oxygens (including phenoxy) is 3. The van der Waals surface area contributed by atoms with Crippen LogP contribution >= 0.6 is 0 Å². The lowest BCUT2D eigenvalue weighted by molar-refractivity contribution is -0.167. The molecule has 6 nitrogen and oxygen atoms in total. The van der Waals surface area contributed by atoms with Gasteiger partial charge in [-0.1, -0.05) is 269 Å². The van der Waals surface area contributed by atoms with E-state index in [1.54, 1.807) is 0 Å². The van der Waals surface area contributed by atoms with Gasteiger partial charge in [0.05, 0.1) is 0 Å². The molecule has 69 heavy (non-hydrogen) atoms. The van der Waals surface area contributed by atoms with Crippen molar-refractivity contribution in [3.05, 3.63) is 36.5 Å².